The molecule has 1 aromatic carbocycles. The SMILES string of the molecule is [Fe+2].[O-]/C=C\C(Cl)=C1C=CC=C1.c1cc[cH-]c1. The van der Waals surface area contributed by atoms with E-state index in [0.29, 0.717) is 11.3 Å². The van der Waals surface area contributed by atoms with Crippen molar-refractivity contribution in [3.8, 4) is 0 Å². The molecule has 0 fully saturated rings. The molecule has 0 aliphatic heterocycles. The van der Waals surface area contributed by atoms with Crippen LogP contribution in [0.4, 0.5) is 0 Å². The summed E-state index contributed by atoms with van der Waals surface area (Å²) in [6, 6.07) is 10.0. The van der Waals surface area contributed by atoms with Crippen molar-refractivity contribution in [2.75, 3.05) is 0 Å². The van der Waals surface area contributed by atoms with Gasteiger partial charge in [-0.15, -0.1) is 6.26 Å². The van der Waals surface area contributed by atoms with Crippen LogP contribution in [0.5, 0.6) is 0 Å². The summed E-state index contributed by atoms with van der Waals surface area (Å²) in [7, 11) is 0. The summed E-state index contributed by atoms with van der Waals surface area (Å²) in [5.74, 6) is 0. The summed E-state index contributed by atoms with van der Waals surface area (Å²) in [4.78, 5) is 0. The van der Waals surface area contributed by atoms with Gasteiger partial charge in [0.15, 0.2) is 0 Å². The zero-order chi connectivity index (χ0) is 10.9. The Hall–Kier alpha value is -1.08. The van der Waals surface area contributed by atoms with Gasteiger partial charge in [-0.05, 0) is 5.57 Å². The first-order valence-electron chi connectivity index (χ1n) is 4.54. The van der Waals surface area contributed by atoms with E-state index in [0.717, 1.165) is 5.57 Å². The van der Waals surface area contributed by atoms with Gasteiger partial charge in [-0.25, -0.2) is 12.1 Å². The van der Waals surface area contributed by atoms with Crippen LogP contribution in [-0.2, 0) is 17.1 Å². The van der Waals surface area contributed by atoms with Crippen molar-refractivity contribution >= 4 is 11.6 Å². The fourth-order valence-electron chi connectivity index (χ4n) is 1.01. The molecule has 0 aromatic heterocycles. The maximum atomic E-state index is 9.95. The summed E-state index contributed by atoms with van der Waals surface area (Å²) in [6.07, 6.45) is 9.45. The molecule has 3 heteroatoms. The number of hydrogen-bond acceptors (Lipinski definition) is 1. The molecule has 0 saturated heterocycles. The molecule has 2 rings (SSSR count). The van der Waals surface area contributed by atoms with Crippen LogP contribution >= 0.6 is 11.6 Å². The first-order chi connectivity index (χ1) is 7.34. The predicted octanol–water partition coefficient (Wildman–Crippen LogP) is 2.88. The Morgan fingerprint density at radius 3 is 2.12 bits per heavy atom. The fourth-order valence-corrected chi connectivity index (χ4v) is 1.19. The van der Waals surface area contributed by atoms with E-state index in [-0.39, 0.29) is 17.1 Å². The van der Waals surface area contributed by atoms with E-state index >= 15 is 0 Å². The van der Waals surface area contributed by atoms with Gasteiger partial charge in [0.1, 0.15) is 0 Å². The summed E-state index contributed by atoms with van der Waals surface area (Å²) < 4.78 is 0. The van der Waals surface area contributed by atoms with Gasteiger partial charge in [-0.2, -0.15) is 18.2 Å². The van der Waals surface area contributed by atoms with Gasteiger partial charge in [0.05, 0.1) is 0 Å². The van der Waals surface area contributed by atoms with E-state index in [1.807, 2.05) is 54.6 Å². The van der Waals surface area contributed by atoms with E-state index in [1.54, 1.807) is 0 Å². The minimum absolute atomic E-state index is 0. The Morgan fingerprint density at radius 2 is 1.75 bits per heavy atom. The van der Waals surface area contributed by atoms with Crippen LogP contribution in [0.15, 0.2) is 77.6 Å². The smallest absolute Gasteiger partial charge is 0.878 e. The van der Waals surface area contributed by atoms with E-state index < -0.39 is 0 Å². The molecule has 0 amide bonds. The zero-order valence-corrected chi connectivity index (χ0v) is 10.4. The molecule has 0 unspecified atom stereocenters. The third-order valence-corrected chi connectivity index (χ3v) is 2.05. The quantitative estimate of drug-likeness (QED) is 0.439. The molecular formula is C13H11ClFeO. The third-order valence-electron chi connectivity index (χ3n) is 1.71. The van der Waals surface area contributed by atoms with Gasteiger partial charge in [-0.1, -0.05) is 42.0 Å². The number of allylic oxidation sites excluding steroid dienone is 7. The zero-order valence-electron chi connectivity index (χ0n) is 8.49. The van der Waals surface area contributed by atoms with E-state index in [2.05, 4.69) is 0 Å². The van der Waals surface area contributed by atoms with Gasteiger partial charge in [0.25, 0.3) is 0 Å². The van der Waals surface area contributed by atoms with Crippen LogP contribution in [0.25, 0.3) is 0 Å². The minimum Gasteiger partial charge on any atom is -0.878 e. The standard InChI is InChI=1S/C8H7ClO.C5H5.Fe/c9-8(5-6-10)7-3-1-2-4-7;1-2-4-5-3-1;/h1-6,10H;1-5H;/q;-1;+2/p-1/b6-5-;;. The Morgan fingerprint density at radius 1 is 1.19 bits per heavy atom. The second-order valence-corrected chi connectivity index (χ2v) is 3.19. The van der Waals surface area contributed by atoms with E-state index in [1.165, 1.54) is 6.08 Å². The first-order valence-corrected chi connectivity index (χ1v) is 4.92. The average Bonchev–Trinajstić information content (AvgIpc) is 2.95. The fraction of sp³-hybridized carbons (Fsp3) is 0. The van der Waals surface area contributed by atoms with E-state index in [9.17, 15) is 5.11 Å². The molecule has 1 aromatic rings. The largest absolute Gasteiger partial charge is 2.00 e. The molecule has 1 nitrogen and oxygen atoms in total. The monoisotopic (exact) mass is 274 g/mol. The van der Waals surface area contributed by atoms with Gasteiger partial charge >= 0.3 is 17.1 Å². The molecule has 84 valence electrons. The number of rotatable bonds is 1. The van der Waals surface area contributed by atoms with Crippen LogP contribution in [0.3, 0.4) is 0 Å². The summed E-state index contributed by atoms with van der Waals surface area (Å²) >= 11 is 5.68. The molecule has 1 aliphatic rings. The molecular weight excluding hydrogens is 263 g/mol. The van der Waals surface area contributed by atoms with Crippen LogP contribution < -0.4 is 5.11 Å². The summed E-state index contributed by atoms with van der Waals surface area (Å²) in [6.45, 7) is 0. The molecule has 0 heterocycles. The van der Waals surface area contributed by atoms with Crippen molar-refractivity contribution in [3.05, 3.63) is 77.6 Å². The second kappa shape index (κ2) is 9.17. The number of hydrogen-bond donors (Lipinski definition) is 0. The average molecular weight is 275 g/mol. The molecule has 16 heavy (non-hydrogen) atoms. The second-order valence-electron chi connectivity index (χ2n) is 2.79. The van der Waals surface area contributed by atoms with E-state index in [4.69, 9.17) is 11.6 Å². The van der Waals surface area contributed by atoms with Gasteiger partial charge in [-0.3, -0.25) is 0 Å². The van der Waals surface area contributed by atoms with Crippen molar-refractivity contribution in [2.45, 2.75) is 0 Å². The third kappa shape index (κ3) is 5.72. The van der Waals surface area contributed by atoms with Gasteiger partial charge in [0, 0.05) is 5.03 Å². The Labute approximate surface area is 111 Å². The van der Waals surface area contributed by atoms with Crippen LogP contribution in [0.2, 0.25) is 0 Å². The van der Waals surface area contributed by atoms with Crippen molar-refractivity contribution < 1.29 is 22.2 Å². The van der Waals surface area contributed by atoms with Gasteiger partial charge < -0.3 is 5.11 Å². The van der Waals surface area contributed by atoms with Crippen LogP contribution in [0.1, 0.15) is 0 Å². The predicted molar refractivity (Wildman–Crippen MR) is 62.3 cm³/mol. The Balaban J connectivity index is 0.000000318. The number of halogens is 1. The molecule has 0 N–H and O–H groups in total. The molecule has 0 bridgehead atoms. The van der Waals surface area contributed by atoms with Crippen LogP contribution in [-0.4, -0.2) is 0 Å². The van der Waals surface area contributed by atoms with Crippen molar-refractivity contribution in [2.24, 2.45) is 0 Å². The van der Waals surface area contributed by atoms with Crippen molar-refractivity contribution in [1.29, 1.82) is 0 Å². The Kier molecular flexibility index (Phi) is 8.55. The van der Waals surface area contributed by atoms with Crippen LogP contribution in [0, 0.1) is 0 Å². The minimum atomic E-state index is 0. The topological polar surface area (TPSA) is 23.1 Å². The van der Waals surface area contributed by atoms with Crippen molar-refractivity contribution in [3.63, 3.8) is 0 Å². The molecule has 0 spiro atoms. The normalized spacial score (nSPS) is 12.2. The molecule has 0 atom stereocenters. The maximum absolute atomic E-state index is 9.95. The Bertz CT molecular complexity index is 355. The van der Waals surface area contributed by atoms with Crippen molar-refractivity contribution in [1.82, 2.24) is 0 Å². The molecule has 1 aliphatic carbocycles. The molecule has 0 radical (unpaired) electrons. The molecule has 0 saturated carbocycles. The summed E-state index contributed by atoms with van der Waals surface area (Å²) in [5, 5.41) is 10.4. The summed E-state index contributed by atoms with van der Waals surface area (Å²) in [5.41, 5.74) is 0.883. The van der Waals surface area contributed by atoms with Gasteiger partial charge in [0.2, 0.25) is 0 Å². The first kappa shape index (κ1) is 14.9. The maximum Gasteiger partial charge on any atom is 2.00 e.